The van der Waals surface area contributed by atoms with Gasteiger partial charge in [-0.3, -0.25) is 4.79 Å². The smallest absolute Gasteiger partial charge is 0.303 e. The van der Waals surface area contributed by atoms with Gasteiger partial charge < -0.3 is 15.8 Å². The average molecular weight is 267 g/mol. The molecule has 0 spiro atoms. The Morgan fingerprint density at radius 3 is 2.94 bits per heavy atom. The summed E-state index contributed by atoms with van der Waals surface area (Å²) in [6, 6.07) is 3.46. The van der Waals surface area contributed by atoms with Crippen molar-refractivity contribution >= 4 is 28.5 Å². The number of hydrogen-bond acceptors (Lipinski definition) is 2. The van der Waals surface area contributed by atoms with E-state index in [1.165, 1.54) is 0 Å². The average Bonchev–Trinajstić information content (AvgIpc) is 2.68. The number of rotatable bonds is 4. The molecule has 0 saturated heterocycles. The summed E-state index contributed by atoms with van der Waals surface area (Å²) in [6.45, 7) is 1.99. The topological polar surface area (TPSA) is 79.1 Å². The number of benzene rings is 1. The molecule has 2 rings (SSSR count). The summed E-state index contributed by atoms with van der Waals surface area (Å²) in [5.74, 6) is -0.838. The summed E-state index contributed by atoms with van der Waals surface area (Å²) < 4.78 is 0. The fourth-order valence-corrected chi connectivity index (χ4v) is 2.29. The molecule has 0 aliphatic heterocycles. The van der Waals surface area contributed by atoms with Crippen molar-refractivity contribution in [1.29, 1.82) is 0 Å². The first-order valence-electron chi connectivity index (χ1n) is 5.73. The van der Waals surface area contributed by atoms with E-state index in [1.54, 1.807) is 6.07 Å². The molecule has 18 heavy (non-hydrogen) atoms. The molecule has 1 aromatic carbocycles. The van der Waals surface area contributed by atoms with Crippen LogP contribution in [0.3, 0.4) is 0 Å². The molecule has 0 aliphatic rings. The molecule has 4 nitrogen and oxygen atoms in total. The van der Waals surface area contributed by atoms with Gasteiger partial charge in [-0.25, -0.2) is 0 Å². The molecule has 0 bridgehead atoms. The maximum atomic E-state index is 10.5. The SMILES string of the molecule is Cc1c[nH]c2c(Cl)cc(C(N)CCC(=O)O)cc12. The number of H-pyrrole nitrogens is 1. The maximum absolute atomic E-state index is 10.5. The van der Waals surface area contributed by atoms with Crippen LogP contribution in [0.1, 0.15) is 30.0 Å². The molecule has 1 atom stereocenters. The third-order valence-electron chi connectivity index (χ3n) is 3.07. The molecule has 1 unspecified atom stereocenters. The number of fused-ring (bicyclic) bond motifs is 1. The van der Waals surface area contributed by atoms with Gasteiger partial charge in [-0.15, -0.1) is 0 Å². The van der Waals surface area contributed by atoms with Gasteiger partial charge in [-0.05, 0) is 36.6 Å². The van der Waals surface area contributed by atoms with Crippen molar-refractivity contribution in [1.82, 2.24) is 4.98 Å². The van der Waals surface area contributed by atoms with Crippen LogP contribution in [0.5, 0.6) is 0 Å². The van der Waals surface area contributed by atoms with Gasteiger partial charge in [0.05, 0.1) is 10.5 Å². The van der Waals surface area contributed by atoms with Gasteiger partial charge in [0.2, 0.25) is 0 Å². The minimum absolute atomic E-state index is 0.0585. The quantitative estimate of drug-likeness (QED) is 0.796. The number of aliphatic carboxylic acids is 1. The molecular formula is C13H15ClN2O2. The van der Waals surface area contributed by atoms with Crippen LogP contribution < -0.4 is 5.73 Å². The van der Waals surface area contributed by atoms with Crippen molar-refractivity contribution in [2.45, 2.75) is 25.8 Å². The van der Waals surface area contributed by atoms with Gasteiger partial charge in [0.1, 0.15) is 0 Å². The molecule has 2 aromatic rings. The fraction of sp³-hybridized carbons (Fsp3) is 0.308. The van der Waals surface area contributed by atoms with Crippen molar-refractivity contribution in [3.63, 3.8) is 0 Å². The maximum Gasteiger partial charge on any atom is 0.303 e. The van der Waals surface area contributed by atoms with Crippen LogP contribution in [0.4, 0.5) is 0 Å². The monoisotopic (exact) mass is 266 g/mol. The Bertz CT molecular complexity index is 592. The first-order chi connectivity index (χ1) is 8.49. The lowest BCUT2D eigenvalue weighted by Gasteiger charge is -2.12. The highest BCUT2D eigenvalue weighted by molar-refractivity contribution is 6.35. The second-order valence-corrected chi connectivity index (χ2v) is 4.84. The summed E-state index contributed by atoms with van der Waals surface area (Å²) >= 11 is 6.18. The third kappa shape index (κ3) is 2.49. The number of halogens is 1. The molecule has 0 radical (unpaired) electrons. The van der Waals surface area contributed by atoms with Crippen LogP contribution >= 0.6 is 11.6 Å². The zero-order valence-electron chi connectivity index (χ0n) is 10.0. The van der Waals surface area contributed by atoms with Gasteiger partial charge >= 0.3 is 5.97 Å². The number of nitrogens with one attached hydrogen (secondary N) is 1. The number of aromatic amines is 1. The molecule has 1 aromatic heterocycles. The van der Waals surface area contributed by atoms with E-state index >= 15 is 0 Å². The molecule has 0 saturated carbocycles. The van der Waals surface area contributed by atoms with Crippen molar-refractivity contribution < 1.29 is 9.90 Å². The van der Waals surface area contributed by atoms with Gasteiger partial charge in [0.15, 0.2) is 0 Å². The lowest BCUT2D eigenvalue weighted by atomic mass is 10.0. The number of aryl methyl sites for hydroxylation is 1. The number of nitrogens with two attached hydrogens (primary N) is 1. The highest BCUT2D eigenvalue weighted by Gasteiger charge is 2.12. The zero-order chi connectivity index (χ0) is 13.3. The number of carbonyl (C=O) groups is 1. The summed E-state index contributed by atoms with van der Waals surface area (Å²) in [7, 11) is 0. The number of carboxylic acid groups (broad SMARTS) is 1. The molecule has 4 N–H and O–H groups in total. The van der Waals surface area contributed by atoms with Crippen molar-refractivity contribution in [2.75, 3.05) is 0 Å². The second kappa shape index (κ2) is 5.00. The zero-order valence-corrected chi connectivity index (χ0v) is 10.8. The van der Waals surface area contributed by atoms with E-state index < -0.39 is 5.97 Å². The van der Waals surface area contributed by atoms with E-state index in [4.69, 9.17) is 22.4 Å². The highest BCUT2D eigenvalue weighted by atomic mass is 35.5. The lowest BCUT2D eigenvalue weighted by molar-refractivity contribution is -0.137. The normalized spacial score (nSPS) is 12.8. The highest BCUT2D eigenvalue weighted by Crippen LogP contribution is 2.30. The molecule has 96 valence electrons. The third-order valence-corrected chi connectivity index (χ3v) is 3.37. The summed E-state index contributed by atoms with van der Waals surface area (Å²) in [5.41, 5.74) is 8.85. The first kappa shape index (κ1) is 12.9. The van der Waals surface area contributed by atoms with E-state index in [9.17, 15) is 4.79 Å². The molecule has 0 amide bonds. The first-order valence-corrected chi connectivity index (χ1v) is 6.11. The predicted octanol–water partition coefficient (Wildman–Crippen LogP) is 2.99. The minimum Gasteiger partial charge on any atom is -0.481 e. The Balaban J connectivity index is 2.33. The van der Waals surface area contributed by atoms with Crippen LogP contribution in [-0.4, -0.2) is 16.1 Å². The Kier molecular flexibility index (Phi) is 3.59. The van der Waals surface area contributed by atoms with Crippen LogP contribution in [0.2, 0.25) is 5.02 Å². The predicted molar refractivity (Wildman–Crippen MR) is 71.8 cm³/mol. The van der Waals surface area contributed by atoms with Crippen molar-refractivity contribution in [3.8, 4) is 0 Å². The number of carboxylic acids is 1. The Labute approximate surface area is 110 Å². The second-order valence-electron chi connectivity index (χ2n) is 4.44. The van der Waals surface area contributed by atoms with Crippen LogP contribution in [0.25, 0.3) is 10.9 Å². The van der Waals surface area contributed by atoms with Gasteiger partial charge in [-0.1, -0.05) is 11.6 Å². The van der Waals surface area contributed by atoms with Crippen molar-refractivity contribution in [3.05, 3.63) is 34.5 Å². The molecule has 1 heterocycles. The van der Waals surface area contributed by atoms with Gasteiger partial charge in [0.25, 0.3) is 0 Å². The van der Waals surface area contributed by atoms with Gasteiger partial charge in [0, 0.05) is 24.0 Å². The van der Waals surface area contributed by atoms with Crippen molar-refractivity contribution in [2.24, 2.45) is 5.73 Å². The van der Waals surface area contributed by atoms with E-state index in [-0.39, 0.29) is 12.5 Å². The minimum atomic E-state index is -0.838. The molecule has 0 aliphatic carbocycles. The van der Waals surface area contributed by atoms with Crippen LogP contribution in [0.15, 0.2) is 18.3 Å². The van der Waals surface area contributed by atoms with E-state index in [0.29, 0.717) is 11.4 Å². The molecule has 5 heteroatoms. The summed E-state index contributed by atoms with van der Waals surface area (Å²) in [6.07, 6.45) is 2.35. The standard InChI is InChI=1S/C13H15ClN2O2/c1-7-6-16-13-9(7)4-8(5-10(13)14)11(15)2-3-12(17)18/h4-6,11,16H,2-3,15H2,1H3,(H,17,18). The largest absolute Gasteiger partial charge is 0.481 e. The van der Waals surface area contributed by atoms with E-state index in [0.717, 1.165) is 22.0 Å². The Morgan fingerprint density at radius 2 is 2.28 bits per heavy atom. The van der Waals surface area contributed by atoms with E-state index in [2.05, 4.69) is 4.98 Å². The fourth-order valence-electron chi connectivity index (χ4n) is 2.00. The lowest BCUT2D eigenvalue weighted by Crippen LogP contribution is -2.12. The Hall–Kier alpha value is -1.52. The Morgan fingerprint density at radius 1 is 1.56 bits per heavy atom. The number of hydrogen-bond donors (Lipinski definition) is 3. The molecule has 0 fully saturated rings. The van der Waals surface area contributed by atoms with E-state index in [1.807, 2.05) is 19.2 Å². The number of aromatic nitrogens is 1. The van der Waals surface area contributed by atoms with Gasteiger partial charge in [-0.2, -0.15) is 0 Å². The van der Waals surface area contributed by atoms with Crippen LogP contribution in [-0.2, 0) is 4.79 Å². The summed E-state index contributed by atoms with van der Waals surface area (Å²) in [4.78, 5) is 13.6. The summed E-state index contributed by atoms with van der Waals surface area (Å²) in [5, 5.41) is 10.3. The molecular weight excluding hydrogens is 252 g/mol. The van der Waals surface area contributed by atoms with Crippen LogP contribution in [0, 0.1) is 6.92 Å².